The standard InChI is InChI=1S/C22H24N4O2S/c1-14-3-5-16(6-4-14)15(2)22(28)26-10-7-17(8-11-26)20-24-18(13-19(27)25-20)21-23-9-12-29-21/h3-6,9,12-13,15,17H,7-8,10-11H2,1-2H3,(H,24,25,27)/t15-/m1/s1. The number of hydrogen-bond donors (Lipinski definition) is 1. The fourth-order valence-electron chi connectivity index (χ4n) is 3.77. The average molecular weight is 409 g/mol. The van der Waals surface area contributed by atoms with E-state index in [2.05, 4.69) is 15.0 Å². The van der Waals surface area contributed by atoms with Crippen molar-refractivity contribution in [2.75, 3.05) is 13.1 Å². The summed E-state index contributed by atoms with van der Waals surface area (Å²) in [6, 6.07) is 9.64. The third-order valence-electron chi connectivity index (χ3n) is 5.55. The summed E-state index contributed by atoms with van der Waals surface area (Å²) in [5.41, 5.74) is 2.69. The summed E-state index contributed by atoms with van der Waals surface area (Å²) < 4.78 is 0. The lowest BCUT2D eigenvalue weighted by molar-refractivity contribution is -0.133. The molecule has 1 aliphatic heterocycles. The minimum Gasteiger partial charge on any atom is -0.342 e. The number of H-pyrrole nitrogens is 1. The Bertz CT molecular complexity index is 1040. The second-order valence-electron chi connectivity index (χ2n) is 7.59. The molecule has 2 aromatic heterocycles. The van der Waals surface area contributed by atoms with E-state index in [1.807, 2.05) is 48.4 Å². The van der Waals surface area contributed by atoms with Gasteiger partial charge >= 0.3 is 0 Å². The number of nitrogens with one attached hydrogen (secondary N) is 1. The highest BCUT2D eigenvalue weighted by molar-refractivity contribution is 7.13. The second kappa shape index (κ2) is 8.29. The van der Waals surface area contributed by atoms with Gasteiger partial charge in [-0.05, 0) is 32.3 Å². The van der Waals surface area contributed by atoms with Gasteiger partial charge in [-0.15, -0.1) is 11.3 Å². The molecular weight excluding hydrogens is 384 g/mol. The van der Waals surface area contributed by atoms with Crippen molar-refractivity contribution < 1.29 is 4.79 Å². The van der Waals surface area contributed by atoms with Crippen LogP contribution in [-0.2, 0) is 4.79 Å². The zero-order valence-corrected chi connectivity index (χ0v) is 17.4. The lowest BCUT2D eigenvalue weighted by Gasteiger charge is -2.33. The van der Waals surface area contributed by atoms with Crippen LogP contribution in [0.5, 0.6) is 0 Å². The molecule has 1 amide bonds. The topological polar surface area (TPSA) is 79.0 Å². The Labute approximate surface area is 173 Å². The number of rotatable bonds is 4. The lowest BCUT2D eigenvalue weighted by Crippen LogP contribution is -2.40. The van der Waals surface area contributed by atoms with Crippen LogP contribution < -0.4 is 5.56 Å². The molecule has 0 bridgehead atoms. The Kier molecular flexibility index (Phi) is 5.58. The molecule has 1 fully saturated rings. The Morgan fingerprint density at radius 3 is 2.62 bits per heavy atom. The summed E-state index contributed by atoms with van der Waals surface area (Å²) in [6.45, 7) is 5.36. The van der Waals surface area contributed by atoms with Gasteiger partial charge in [0.05, 0.1) is 5.92 Å². The number of aryl methyl sites for hydroxylation is 1. The van der Waals surface area contributed by atoms with Crippen molar-refractivity contribution in [1.82, 2.24) is 19.9 Å². The molecule has 0 unspecified atom stereocenters. The van der Waals surface area contributed by atoms with Crippen LogP contribution in [0.3, 0.4) is 0 Å². The molecule has 6 nitrogen and oxygen atoms in total. The molecule has 4 rings (SSSR count). The molecular formula is C22H24N4O2S. The zero-order chi connectivity index (χ0) is 20.4. The van der Waals surface area contributed by atoms with Crippen molar-refractivity contribution >= 4 is 17.2 Å². The average Bonchev–Trinajstić information content (AvgIpc) is 3.28. The van der Waals surface area contributed by atoms with E-state index in [1.165, 1.54) is 23.0 Å². The SMILES string of the molecule is Cc1ccc([C@@H](C)C(=O)N2CCC(c3nc(-c4nccs4)cc(=O)[nH]3)CC2)cc1. The fourth-order valence-corrected chi connectivity index (χ4v) is 4.37. The van der Waals surface area contributed by atoms with Gasteiger partial charge in [0, 0.05) is 36.7 Å². The normalized spacial score (nSPS) is 16.0. The summed E-state index contributed by atoms with van der Waals surface area (Å²) >= 11 is 1.47. The van der Waals surface area contributed by atoms with Gasteiger partial charge in [-0.3, -0.25) is 9.59 Å². The zero-order valence-electron chi connectivity index (χ0n) is 16.6. The van der Waals surface area contributed by atoms with Crippen molar-refractivity contribution in [1.29, 1.82) is 0 Å². The molecule has 0 aliphatic carbocycles. The number of carbonyl (C=O) groups is 1. The monoisotopic (exact) mass is 408 g/mol. The summed E-state index contributed by atoms with van der Waals surface area (Å²) in [4.78, 5) is 38.8. The molecule has 0 spiro atoms. The van der Waals surface area contributed by atoms with Gasteiger partial charge in [0.2, 0.25) is 5.91 Å². The van der Waals surface area contributed by atoms with E-state index in [1.54, 1.807) is 6.20 Å². The van der Waals surface area contributed by atoms with Crippen LogP contribution in [0.15, 0.2) is 46.7 Å². The third kappa shape index (κ3) is 4.29. The predicted molar refractivity (Wildman–Crippen MR) is 114 cm³/mol. The molecule has 7 heteroatoms. The van der Waals surface area contributed by atoms with E-state index in [4.69, 9.17) is 0 Å². The predicted octanol–water partition coefficient (Wildman–Crippen LogP) is 3.71. The number of amides is 1. The highest BCUT2D eigenvalue weighted by Gasteiger charge is 2.28. The molecule has 0 radical (unpaired) electrons. The van der Waals surface area contributed by atoms with Gasteiger partial charge in [-0.2, -0.15) is 0 Å². The maximum atomic E-state index is 12.9. The number of piperidine rings is 1. The second-order valence-corrected chi connectivity index (χ2v) is 8.48. The summed E-state index contributed by atoms with van der Waals surface area (Å²) in [7, 11) is 0. The van der Waals surface area contributed by atoms with E-state index in [0.29, 0.717) is 24.6 Å². The van der Waals surface area contributed by atoms with E-state index < -0.39 is 0 Å². The molecule has 150 valence electrons. The maximum absolute atomic E-state index is 12.9. The minimum absolute atomic E-state index is 0.140. The molecule has 1 atom stereocenters. The smallest absolute Gasteiger partial charge is 0.251 e. The Morgan fingerprint density at radius 2 is 1.97 bits per heavy atom. The van der Waals surface area contributed by atoms with Crippen LogP contribution in [0, 0.1) is 6.92 Å². The minimum atomic E-state index is -0.160. The van der Waals surface area contributed by atoms with Crippen LogP contribution in [0.25, 0.3) is 10.7 Å². The maximum Gasteiger partial charge on any atom is 0.251 e. The van der Waals surface area contributed by atoms with Crippen molar-refractivity contribution in [3.63, 3.8) is 0 Å². The van der Waals surface area contributed by atoms with E-state index in [0.717, 1.165) is 23.4 Å². The highest BCUT2D eigenvalue weighted by atomic mass is 32.1. The van der Waals surface area contributed by atoms with E-state index >= 15 is 0 Å². The molecule has 1 N–H and O–H groups in total. The first-order valence-electron chi connectivity index (χ1n) is 9.88. The number of aromatic nitrogens is 3. The Hall–Kier alpha value is -2.80. The summed E-state index contributed by atoms with van der Waals surface area (Å²) in [5, 5.41) is 2.62. The molecule has 29 heavy (non-hydrogen) atoms. The number of carbonyl (C=O) groups excluding carboxylic acids is 1. The number of hydrogen-bond acceptors (Lipinski definition) is 5. The highest BCUT2D eigenvalue weighted by Crippen LogP contribution is 2.29. The molecule has 1 aromatic carbocycles. The van der Waals surface area contributed by atoms with Gasteiger partial charge in [0.15, 0.2) is 0 Å². The molecule has 3 heterocycles. The molecule has 3 aromatic rings. The van der Waals surface area contributed by atoms with Crippen LogP contribution in [-0.4, -0.2) is 38.8 Å². The van der Waals surface area contributed by atoms with Crippen molar-refractivity contribution in [2.45, 2.75) is 38.5 Å². The van der Waals surface area contributed by atoms with Gasteiger partial charge in [0.25, 0.3) is 5.56 Å². The van der Waals surface area contributed by atoms with Crippen molar-refractivity contribution in [2.24, 2.45) is 0 Å². The first kappa shape index (κ1) is 19.5. The largest absolute Gasteiger partial charge is 0.342 e. The Morgan fingerprint density at radius 1 is 1.24 bits per heavy atom. The first-order chi connectivity index (χ1) is 14.0. The van der Waals surface area contributed by atoms with Crippen LogP contribution in [0.1, 0.15) is 48.6 Å². The quantitative estimate of drug-likeness (QED) is 0.714. The van der Waals surface area contributed by atoms with E-state index in [-0.39, 0.29) is 23.3 Å². The van der Waals surface area contributed by atoms with Crippen LogP contribution >= 0.6 is 11.3 Å². The number of aromatic amines is 1. The van der Waals surface area contributed by atoms with E-state index in [9.17, 15) is 9.59 Å². The fraction of sp³-hybridized carbons (Fsp3) is 0.364. The number of nitrogens with zero attached hydrogens (tertiary/aromatic N) is 3. The number of benzene rings is 1. The van der Waals surface area contributed by atoms with Gasteiger partial charge in [0.1, 0.15) is 16.5 Å². The van der Waals surface area contributed by atoms with Gasteiger partial charge < -0.3 is 9.88 Å². The lowest BCUT2D eigenvalue weighted by atomic mass is 9.93. The van der Waals surface area contributed by atoms with Crippen LogP contribution in [0.4, 0.5) is 0 Å². The summed E-state index contributed by atoms with van der Waals surface area (Å²) in [6.07, 6.45) is 3.29. The molecule has 0 saturated carbocycles. The van der Waals surface area contributed by atoms with Gasteiger partial charge in [-0.25, -0.2) is 9.97 Å². The first-order valence-corrected chi connectivity index (χ1v) is 10.8. The van der Waals surface area contributed by atoms with Crippen molar-refractivity contribution in [3.8, 4) is 10.7 Å². The Balaban J connectivity index is 1.44. The van der Waals surface area contributed by atoms with Gasteiger partial charge in [-0.1, -0.05) is 29.8 Å². The summed E-state index contributed by atoms with van der Waals surface area (Å²) in [5.74, 6) is 0.839. The number of thiazole rings is 1. The van der Waals surface area contributed by atoms with Crippen molar-refractivity contribution in [3.05, 3.63) is 69.2 Å². The molecule has 1 aliphatic rings. The third-order valence-corrected chi connectivity index (χ3v) is 6.35. The molecule has 1 saturated heterocycles. The van der Waals surface area contributed by atoms with Crippen LogP contribution in [0.2, 0.25) is 0 Å². The number of likely N-dealkylation sites (tertiary alicyclic amines) is 1.